The van der Waals surface area contributed by atoms with E-state index in [4.69, 9.17) is 18.7 Å². The van der Waals surface area contributed by atoms with E-state index < -0.39 is 5.91 Å². The highest BCUT2D eigenvalue weighted by atomic mass is 16.7. The maximum absolute atomic E-state index is 12.0. The molecule has 1 heterocycles. The monoisotopic (exact) mass is 353 g/mol. The normalized spacial score (nSPS) is 10.3. The van der Waals surface area contributed by atoms with Crippen LogP contribution in [0.15, 0.2) is 71.1 Å². The van der Waals surface area contributed by atoms with Crippen LogP contribution >= 0.6 is 0 Å². The van der Waals surface area contributed by atoms with E-state index in [0.717, 1.165) is 5.56 Å². The lowest BCUT2D eigenvalue weighted by atomic mass is 10.2. The van der Waals surface area contributed by atoms with Gasteiger partial charge in [-0.05, 0) is 29.8 Å². The average Bonchev–Trinajstić information content (AvgIpc) is 3.16. The molecule has 0 aliphatic heterocycles. The Kier molecular flexibility index (Phi) is 5.90. The summed E-state index contributed by atoms with van der Waals surface area (Å²) in [4.78, 5) is 17.2. The highest BCUT2D eigenvalue weighted by Crippen LogP contribution is 2.26. The molecular weight excluding hydrogens is 334 g/mol. The largest absolute Gasteiger partial charge is 0.493 e. The zero-order chi connectivity index (χ0) is 18.2. The number of furan rings is 1. The molecule has 3 aromatic rings. The molecule has 3 rings (SSSR count). The van der Waals surface area contributed by atoms with Crippen LogP contribution in [0.25, 0.3) is 0 Å². The molecule has 0 atom stereocenters. The topological polar surface area (TPSA) is 69.9 Å². The van der Waals surface area contributed by atoms with Gasteiger partial charge in [-0.25, -0.2) is 5.48 Å². The van der Waals surface area contributed by atoms with Gasteiger partial charge in [0, 0.05) is 0 Å². The molecule has 2 aromatic carbocycles. The smallest absolute Gasteiger partial charge is 0.310 e. The predicted molar refractivity (Wildman–Crippen MR) is 94.7 cm³/mol. The second kappa shape index (κ2) is 8.73. The number of benzene rings is 2. The first-order chi connectivity index (χ1) is 12.8. The number of para-hydroxylation sites is 2. The number of amides is 1. The SMILES string of the molecule is COc1ccccc1OCc1ccc(C(=O)NOCc2ccccc2)o1. The maximum Gasteiger partial charge on any atom is 0.310 e. The van der Waals surface area contributed by atoms with E-state index in [2.05, 4.69) is 5.48 Å². The molecule has 0 unspecified atom stereocenters. The van der Waals surface area contributed by atoms with Crippen LogP contribution in [0, 0.1) is 0 Å². The van der Waals surface area contributed by atoms with Crippen molar-refractivity contribution in [3.63, 3.8) is 0 Å². The number of carbonyl (C=O) groups is 1. The zero-order valence-electron chi connectivity index (χ0n) is 14.3. The molecule has 6 heteroatoms. The molecule has 0 spiro atoms. The van der Waals surface area contributed by atoms with Crippen molar-refractivity contribution >= 4 is 5.91 Å². The van der Waals surface area contributed by atoms with Crippen molar-refractivity contribution in [2.24, 2.45) is 0 Å². The standard InChI is InChI=1S/C20H19NO5/c1-23-17-9-5-6-10-18(17)24-14-16-11-12-19(26-16)20(22)21-25-13-15-7-3-2-4-8-15/h2-12H,13-14H2,1H3,(H,21,22). The molecule has 6 nitrogen and oxygen atoms in total. The number of rotatable bonds is 8. The number of hydrogen-bond donors (Lipinski definition) is 1. The van der Waals surface area contributed by atoms with Gasteiger partial charge in [0.05, 0.1) is 13.7 Å². The van der Waals surface area contributed by atoms with Crippen molar-refractivity contribution in [1.29, 1.82) is 0 Å². The summed E-state index contributed by atoms with van der Waals surface area (Å²) in [5.41, 5.74) is 3.32. The van der Waals surface area contributed by atoms with E-state index >= 15 is 0 Å². The van der Waals surface area contributed by atoms with E-state index in [1.807, 2.05) is 42.5 Å². The van der Waals surface area contributed by atoms with Crippen molar-refractivity contribution in [2.45, 2.75) is 13.2 Å². The molecule has 1 amide bonds. The molecule has 0 fully saturated rings. The van der Waals surface area contributed by atoms with Gasteiger partial charge in [0.25, 0.3) is 0 Å². The first kappa shape index (κ1) is 17.6. The number of hydroxylamine groups is 1. The molecule has 0 saturated carbocycles. The Morgan fingerprint density at radius 2 is 1.65 bits per heavy atom. The lowest BCUT2D eigenvalue weighted by molar-refractivity contribution is 0.0210. The van der Waals surface area contributed by atoms with Crippen LogP contribution in [-0.4, -0.2) is 13.0 Å². The summed E-state index contributed by atoms with van der Waals surface area (Å²) in [6.07, 6.45) is 0. The predicted octanol–water partition coefficient (Wildman–Crippen LogP) is 3.73. The van der Waals surface area contributed by atoms with Gasteiger partial charge in [0.1, 0.15) is 12.4 Å². The summed E-state index contributed by atoms with van der Waals surface area (Å²) in [7, 11) is 1.58. The van der Waals surface area contributed by atoms with E-state index in [-0.39, 0.29) is 19.0 Å². The number of carbonyl (C=O) groups excluding carboxylic acids is 1. The molecule has 1 N–H and O–H groups in total. The molecule has 0 saturated heterocycles. The third-order valence-corrected chi connectivity index (χ3v) is 3.57. The Labute approximate surface area is 151 Å². The quantitative estimate of drug-likeness (QED) is 0.625. The zero-order valence-corrected chi connectivity index (χ0v) is 14.3. The van der Waals surface area contributed by atoms with Crippen molar-refractivity contribution < 1.29 is 23.5 Å². The van der Waals surface area contributed by atoms with Gasteiger partial charge in [0.15, 0.2) is 17.3 Å². The molecular formula is C20H19NO5. The average molecular weight is 353 g/mol. The minimum absolute atomic E-state index is 0.150. The van der Waals surface area contributed by atoms with Crippen molar-refractivity contribution in [1.82, 2.24) is 5.48 Å². The lowest BCUT2D eigenvalue weighted by Gasteiger charge is -2.08. The third kappa shape index (κ3) is 4.64. The number of hydrogen-bond acceptors (Lipinski definition) is 5. The molecule has 0 aliphatic rings. The van der Waals surface area contributed by atoms with Crippen molar-refractivity contribution in [2.75, 3.05) is 7.11 Å². The Morgan fingerprint density at radius 3 is 2.42 bits per heavy atom. The Hall–Kier alpha value is -3.25. The second-order valence-electron chi connectivity index (χ2n) is 5.41. The minimum atomic E-state index is -0.454. The summed E-state index contributed by atoms with van der Waals surface area (Å²) in [5, 5.41) is 0. The van der Waals surface area contributed by atoms with Crippen LogP contribution in [0.3, 0.4) is 0 Å². The van der Waals surface area contributed by atoms with Gasteiger partial charge in [0.2, 0.25) is 0 Å². The van der Waals surface area contributed by atoms with Crippen LogP contribution < -0.4 is 15.0 Å². The highest BCUT2D eigenvalue weighted by molar-refractivity contribution is 5.90. The van der Waals surface area contributed by atoms with Crippen LogP contribution in [0.1, 0.15) is 21.9 Å². The van der Waals surface area contributed by atoms with E-state index in [0.29, 0.717) is 17.3 Å². The van der Waals surface area contributed by atoms with Crippen LogP contribution in [0.2, 0.25) is 0 Å². The highest BCUT2D eigenvalue weighted by Gasteiger charge is 2.12. The molecule has 0 bridgehead atoms. The van der Waals surface area contributed by atoms with Gasteiger partial charge < -0.3 is 13.9 Å². The maximum atomic E-state index is 12.0. The van der Waals surface area contributed by atoms with E-state index in [1.54, 1.807) is 31.4 Å². The van der Waals surface area contributed by atoms with Gasteiger partial charge in [-0.15, -0.1) is 0 Å². The summed E-state index contributed by atoms with van der Waals surface area (Å²) in [6.45, 7) is 0.454. The fourth-order valence-electron chi connectivity index (χ4n) is 2.27. The first-order valence-corrected chi connectivity index (χ1v) is 8.07. The summed E-state index contributed by atoms with van der Waals surface area (Å²) >= 11 is 0. The summed E-state index contributed by atoms with van der Waals surface area (Å²) in [5.74, 6) is 1.44. The van der Waals surface area contributed by atoms with Gasteiger partial charge in [-0.3, -0.25) is 9.63 Å². The Bertz CT molecular complexity index is 844. The number of methoxy groups -OCH3 is 1. The fraction of sp³-hybridized carbons (Fsp3) is 0.150. The van der Waals surface area contributed by atoms with E-state index in [1.165, 1.54) is 0 Å². The minimum Gasteiger partial charge on any atom is -0.493 e. The van der Waals surface area contributed by atoms with Crippen LogP contribution in [0.5, 0.6) is 11.5 Å². The molecule has 1 aromatic heterocycles. The molecule has 26 heavy (non-hydrogen) atoms. The van der Waals surface area contributed by atoms with Gasteiger partial charge in [-0.2, -0.15) is 0 Å². The lowest BCUT2D eigenvalue weighted by Crippen LogP contribution is -2.23. The van der Waals surface area contributed by atoms with Crippen LogP contribution in [0.4, 0.5) is 0 Å². The second-order valence-corrected chi connectivity index (χ2v) is 5.41. The van der Waals surface area contributed by atoms with Gasteiger partial charge >= 0.3 is 5.91 Å². The summed E-state index contributed by atoms with van der Waals surface area (Å²) in [6, 6.07) is 20.1. The first-order valence-electron chi connectivity index (χ1n) is 8.07. The van der Waals surface area contributed by atoms with E-state index in [9.17, 15) is 4.79 Å². The van der Waals surface area contributed by atoms with Crippen molar-refractivity contribution in [3.05, 3.63) is 83.8 Å². The summed E-state index contributed by atoms with van der Waals surface area (Å²) < 4.78 is 16.4. The van der Waals surface area contributed by atoms with Crippen molar-refractivity contribution in [3.8, 4) is 11.5 Å². The molecule has 0 radical (unpaired) electrons. The number of ether oxygens (including phenoxy) is 2. The van der Waals surface area contributed by atoms with Crippen LogP contribution in [-0.2, 0) is 18.1 Å². The van der Waals surface area contributed by atoms with Gasteiger partial charge in [-0.1, -0.05) is 42.5 Å². The Morgan fingerprint density at radius 1 is 0.923 bits per heavy atom. The third-order valence-electron chi connectivity index (χ3n) is 3.57. The Balaban J connectivity index is 1.50. The fourth-order valence-corrected chi connectivity index (χ4v) is 2.27. The molecule has 0 aliphatic carbocycles. The number of nitrogens with one attached hydrogen (secondary N) is 1. The molecule has 134 valence electrons.